The molecule has 1 saturated heterocycles. The predicted molar refractivity (Wildman–Crippen MR) is 99.3 cm³/mol. The van der Waals surface area contributed by atoms with Crippen LogP contribution in [0.2, 0.25) is 0 Å². The van der Waals surface area contributed by atoms with Crippen LogP contribution in [-0.4, -0.2) is 65.2 Å². The van der Waals surface area contributed by atoms with Gasteiger partial charge in [0, 0.05) is 38.3 Å². The fourth-order valence-electron chi connectivity index (χ4n) is 3.79. The lowest BCUT2D eigenvalue weighted by Gasteiger charge is -2.44. The van der Waals surface area contributed by atoms with Gasteiger partial charge in [-0.25, -0.2) is 0 Å². The average molecular weight is 345 g/mol. The number of hydrogen-bond acceptors (Lipinski definition) is 4. The highest BCUT2D eigenvalue weighted by atomic mass is 16.3. The maximum Gasteiger partial charge on any atom is 0.242 e. The summed E-state index contributed by atoms with van der Waals surface area (Å²) in [5, 5.41) is 12.9. The molecule has 1 aliphatic heterocycles. The highest BCUT2D eigenvalue weighted by molar-refractivity contribution is 5.83. The van der Waals surface area contributed by atoms with Crippen molar-refractivity contribution in [1.82, 2.24) is 15.1 Å². The van der Waals surface area contributed by atoms with Gasteiger partial charge in [0.05, 0.1) is 6.10 Å². The van der Waals surface area contributed by atoms with Crippen LogP contribution >= 0.6 is 0 Å². The van der Waals surface area contributed by atoms with Crippen LogP contribution in [0.5, 0.6) is 0 Å². The number of hydrogen-bond donors (Lipinski definition) is 2. The smallest absolute Gasteiger partial charge is 0.242 e. The molecule has 3 rings (SSSR count). The van der Waals surface area contributed by atoms with Gasteiger partial charge in [0.2, 0.25) is 5.91 Å². The molecule has 1 aromatic rings. The van der Waals surface area contributed by atoms with Crippen LogP contribution in [0.1, 0.15) is 44.7 Å². The summed E-state index contributed by atoms with van der Waals surface area (Å²) >= 11 is 0. The van der Waals surface area contributed by atoms with Crippen molar-refractivity contribution in [2.24, 2.45) is 0 Å². The van der Waals surface area contributed by atoms with Gasteiger partial charge in [-0.1, -0.05) is 37.3 Å². The van der Waals surface area contributed by atoms with Crippen molar-refractivity contribution < 1.29 is 9.90 Å². The summed E-state index contributed by atoms with van der Waals surface area (Å²) in [5.41, 5.74) is 1.07. The number of piperazine rings is 1. The Bertz CT molecular complexity index is 559. The molecule has 1 amide bonds. The fraction of sp³-hybridized carbons (Fsp3) is 0.650. The average Bonchev–Trinajstić information content (AvgIpc) is 3.40. The maximum atomic E-state index is 12.9. The third-order valence-corrected chi connectivity index (χ3v) is 5.26. The molecule has 1 heterocycles. The van der Waals surface area contributed by atoms with Gasteiger partial charge >= 0.3 is 0 Å². The van der Waals surface area contributed by atoms with Gasteiger partial charge in [-0.15, -0.1) is 0 Å². The van der Waals surface area contributed by atoms with Crippen LogP contribution in [0.4, 0.5) is 0 Å². The molecule has 138 valence electrons. The quantitative estimate of drug-likeness (QED) is 0.791. The Morgan fingerprint density at radius 2 is 2.00 bits per heavy atom. The molecule has 0 spiro atoms. The van der Waals surface area contributed by atoms with Gasteiger partial charge in [-0.05, 0) is 31.7 Å². The van der Waals surface area contributed by atoms with Crippen LogP contribution in [0.25, 0.3) is 0 Å². The lowest BCUT2D eigenvalue weighted by atomic mass is 10.0. The second-order valence-corrected chi connectivity index (χ2v) is 7.50. The monoisotopic (exact) mass is 345 g/mol. The highest BCUT2D eigenvalue weighted by Gasteiger charge is 2.36. The molecule has 5 heteroatoms. The van der Waals surface area contributed by atoms with Gasteiger partial charge in [-0.2, -0.15) is 0 Å². The Morgan fingerprint density at radius 1 is 1.28 bits per heavy atom. The minimum absolute atomic E-state index is 0.132. The van der Waals surface area contributed by atoms with Crippen molar-refractivity contribution in [3.63, 3.8) is 0 Å². The van der Waals surface area contributed by atoms with E-state index < -0.39 is 0 Å². The highest BCUT2D eigenvalue weighted by Crippen LogP contribution is 2.27. The summed E-state index contributed by atoms with van der Waals surface area (Å²) in [6.07, 6.45) is 2.92. The van der Waals surface area contributed by atoms with Gasteiger partial charge in [0.25, 0.3) is 0 Å². The van der Waals surface area contributed by atoms with Gasteiger partial charge in [0.1, 0.15) is 6.04 Å². The number of β-amino-alcohol motifs (C(OH)–C–C–N with tert-alkyl or cyclic N) is 1. The molecule has 5 nitrogen and oxygen atoms in total. The molecule has 1 aliphatic carbocycles. The number of rotatable bonds is 7. The third-order valence-electron chi connectivity index (χ3n) is 5.26. The van der Waals surface area contributed by atoms with Gasteiger partial charge in [-0.3, -0.25) is 14.6 Å². The molecule has 0 bridgehead atoms. The van der Waals surface area contributed by atoms with Gasteiger partial charge < -0.3 is 10.4 Å². The largest absolute Gasteiger partial charge is 0.392 e. The molecule has 0 aromatic heterocycles. The lowest BCUT2D eigenvalue weighted by Crippen LogP contribution is -2.57. The normalized spacial score (nSPS) is 24.7. The van der Waals surface area contributed by atoms with Crippen LogP contribution in [0, 0.1) is 0 Å². The Labute approximate surface area is 151 Å². The Hall–Kier alpha value is -1.43. The van der Waals surface area contributed by atoms with E-state index in [1.54, 1.807) is 0 Å². The van der Waals surface area contributed by atoms with Crippen molar-refractivity contribution >= 4 is 5.91 Å². The lowest BCUT2D eigenvalue weighted by molar-refractivity contribution is -0.128. The second kappa shape index (κ2) is 8.30. The zero-order valence-corrected chi connectivity index (χ0v) is 15.4. The molecule has 1 aromatic carbocycles. The molecule has 1 saturated carbocycles. The molecule has 25 heavy (non-hydrogen) atoms. The van der Waals surface area contributed by atoms with Crippen LogP contribution in [-0.2, 0) is 4.79 Å². The Morgan fingerprint density at radius 3 is 2.60 bits per heavy atom. The zero-order chi connectivity index (χ0) is 17.8. The van der Waals surface area contributed by atoms with E-state index in [2.05, 4.69) is 34.2 Å². The first-order valence-corrected chi connectivity index (χ1v) is 9.60. The Kier molecular flexibility index (Phi) is 6.10. The Balaban J connectivity index is 1.75. The topological polar surface area (TPSA) is 55.8 Å². The molecule has 3 atom stereocenters. The van der Waals surface area contributed by atoms with Crippen LogP contribution in [0.15, 0.2) is 30.3 Å². The molecule has 2 aliphatic rings. The number of nitrogens with zero attached hydrogens (tertiary/aromatic N) is 2. The summed E-state index contributed by atoms with van der Waals surface area (Å²) in [4.78, 5) is 17.6. The van der Waals surface area contributed by atoms with Crippen molar-refractivity contribution in [1.29, 1.82) is 0 Å². The minimum atomic E-state index is -0.316. The standard InChI is InChI=1S/C20H31N3O2/c1-3-18-14-23(12-11-22(18)13-15(2)24)19(16-7-5-4-6-8-16)20(25)21-17-9-10-17/h4-8,15,17-19,24H,3,9-14H2,1-2H3,(H,21,25)/t15-,18+,19+/m0/s1. The van der Waals surface area contributed by atoms with E-state index in [0.717, 1.165) is 44.5 Å². The fourth-order valence-corrected chi connectivity index (χ4v) is 3.79. The number of amides is 1. The molecule has 2 N–H and O–H groups in total. The SMILES string of the molecule is CC[C@@H]1CN([C@@H](C(=O)NC2CC2)c2ccccc2)CCN1C[C@H](C)O. The van der Waals surface area contributed by atoms with Crippen LogP contribution < -0.4 is 5.32 Å². The predicted octanol–water partition coefficient (Wildman–Crippen LogP) is 1.78. The van der Waals surface area contributed by atoms with E-state index in [-0.39, 0.29) is 18.1 Å². The first kappa shape index (κ1) is 18.4. The van der Waals surface area contributed by atoms with Crippen molar-refractivity contribution in [3.8, 4) is 0 Å². The van der Waals surface area contributed by atoms with E-state index >= 15 is 0 Å². The number of benzene rings is 1. The summed E-state index contributed by atoms with van der Waals surface area (Å²) in [6, 6.07) is 10.7. The van der Waals surface area contributed by atoms with E-state index in [1.165, 1.54) is 0 Å². The van der Waals surface area contributed by atoms with E-state index in [4.69, 9.17) is 0 Å². The number of carbonyl (C=O) groups excluding carboxylic acids is 1. The minimum Gasteiger partial charge on any atom is -0.392 e. The first-order valence-electron chi connectivity index (χ1n) is 9.60. The summed E-state index contributed by atoms with van der Waals surface area (Å²) in [5.74, 6) is 0.132. The zero-order valence-electron chi connectivity index (χ0n) is 15.4. The summed E-state index contributed by atoms with van der Waals surface area (Å²) in [6.45, 7) is 7.34. The van der Waals surface area contributed by atoms with Gasteiger partial charge in [0.15, 0.2) is 0 Å². The van der Waals surface area contributed by atoms with Crippen molar-refractivity contribution in [3.05, 3.63) is 35.9 Å². The van der Waals surface area contributed by atoms with Crippen LogP contribution in [0.3, 0.4) is 0 Å². The summed E-state index contributed by atoms with van der Waals surface area (Å²) < 4.78 is 0. The number of aliphatic hydroxyl groups is 1. The number of nitrogens with one attached hydrogen (secondary N) is 1. The molecule has 2 fully saturated rings. The number of aliphatic hydroxyl groups excluding tert-OH is 1. The second-order valence-electron chi connectivity index (χ2n) is 7.50. The van der Waals surface area contributed by atoms with E-state index in [0.29, 0.717) is 18.6 Å². The third kappa shape index (κ3) is 4.81. The maximum absolute atomic E-state index is 12.9. The molecule has 0 unspecified atom stereocenters. The van der Waals surface area contributed by atoms with Crippen molar-refractivity contribution in [2.75, 3.05) is 26.2 Å². The van der Waals surface area contributed by atoms with E-state index in [1.807, 2.05) is 25.1 Å². The van der Waals surface area contributed by atoms with E-state index in [9.17, 15) is 9.90 Å². The molecule has 0 radical (unpaired) electrons. The molecular weight excluding hydrogens is 314 g/mol. The summed E-state index contributed by atoms with van der Waals surface area (Å²) in [7, 11) is 0. The first-order chi connectivity index (χ1) is 12.1. The molecular formula is C20H31N3O2. The number of carbonyl (C=O) groups is 1. The van der Waals surface area contributed by atoms with Crippen molar-refractivity contribution in [2.45, 2.75) is 57.3 Å².